The van der Waals surface area contributed by atoms with Crippen LogP contribution in [0.4, 0.5) is 0 Å². The summed E-state index contributed by atoms with van der Waals surface area (Å²) in [5.41, 5.74) is 2.02. The van der Waals surface area contributed by atoms with E-state index in [1.807, 2.05) is 31.2 Å². The quantitative estimate of drug-likeness (QED) is 0.279. The predicted molar refractivity (Wildman–Crippen MR) is 124 cm³/mol. The number of benzene rings is 1. The number of hydrogen-bond acceptors (Lipinski definition) is 7. The standard InChI is InChI=1S/C22H30N6O2S/c1-15-16(2)31-20(26-15)14-25-22(23-3)24-13-7-5-6-8-19-27-21(28-30-19)17-9-11-18(29-4)12-10-17/h9-12H,5-8,13-14H2,1-4H3,(H2,23,24,25). The van der Waals surface area contributed by atoms with Crippen molar-refractivity contribution in [3.63, 3.8) is 0 Å². The van der Waals surface area contributed by atoms with Gasteiger partial charge in [-0.15, -0.1) is 11.3 Å². The summed E-state index contributed by atoms with van der Waals surface area (Å²) in [5.74, 6) is 2.89. The van der Waals surface area contributed by atoms with Crippen molar-refractivity contribution >= 4 is 17.3 Å². The van der Waals surface area contributed by atoms with E-state index in [1.54, 1.807) is 25.5 Å². The van der Waals surface area contributed by atoms with Crippen molar-refractivity contribution in [2.24, 2.45) is 4.99 Å². The number of rotatable bonds is 10. The maximum Gasteiger partial charge on any atom is 0.226 e. The number of hydrogen-bond donors (Lipinski definition) is 2. The molecule has 0 bridgehead atoms. The van der Waals surface area contributed by atoms with Crippen molar-refractivity contribution in [3.8, 4) is 17.1 Å². The maximum atomic E-state index is 5.38. The Kier molecular flexibility index (Phi) is 8.40. The number of unbranched alkanes of at least 4 members (excludes halogenated alkanes) is 2. The molecule has 3 rings (SSSR count). The van der Waals surface area contributed by atoms with E-state index in [0.717, 1.165) is 60.2 Å². The molecule has 0 fully saturated rings. The Bertz CT molecular complexity index is 961. The Hall–Kier alpha value is -2.94. The molecule has 8 nitrogen and oxygen atoms in total. The van der Waals surface area contributed by atoms with Crippen LogP contribution in [0.2, 0.25) is 0 Å². The van der Waals surface area contributed by atoms with E-state index in [1.165, 1.54) is 4.88 Å². The fraction of sp³-hybridized carbons (Fsp3) is 0.455. The van der Waals surface area contributed by atoms with Crippen molar-refractivity contribution in [1.29, 1.82) is 0 Å². The zero-order chi connectivity index (χ0) is 22.1. The highest BCUT2D eigenvalue weighted by atomic mass is 32.1. The van der Waals surface area contributed by atoms with Crippen molar-refractivity contribution < 1.29 is 9.26 Å². The number of aliphatic imine (C=N–C) groups is 1. The second kappa shape index (κ2) is 11.5. The molecule has 2 aromatic heterocycles. The van der Waals surface area contributed by atoms with Crippen LogP contribution in [0.3, 0.4) is 0 Å². The highest BCUT2D eigenvalue weighted by Crippen LogP contribution is 2.20. The molecular weight excluding hydrogens is 412 g/mol. The third-order valence-electron chi connectivity index (χ3n) is 4.88. The summed E-state index contributed by atoms with van der Waals surface area (Å²) in [4.78, 5) is 14.6. The summed E-state index contributed by atoms with van der Waals surface area (Å²) in [6.45, 7) is 5.68. The molecule has 0 saturated heterocycles. The molecule has 0 unspecified atom stereocenters. The Morgan fingerprint density at radius 3 is 2.58 bits per heavy atom. The number of nitrogens with zero attached hydrogens (tertiary/aromatic N) is 4. The third kappa shape index (κ3) is 6.78. The van der Waals surface area contributed by atoms with Crippen LogP contribution in [0, 0.1) is 13.8 Å². The van der Waals surface area contributed by atoms with E-state index in [9.17, 15) is 0 Å². The molecule has 0 aliphatic rings. The number of thiazole rings is 1. The number of nitrogens with one attached hydrogen (secondary N) is 2. The van der Waals surface area contributed by atoms with Crippen LogP contribution in [-0.4, -0.2) is 41.8 Å². The Morgan fingerprint density at radius 1 is 1.10 bits per heavy atom. The molecule has 1 aromatic carbocycles. The normalized spacial score (nSPS) is 11.5. The van der Waals surface area contributed by atoms with Crippen LogP contribution in [0.25, 0.3) is 11.4 Å². The first kappa shape index (κ1) is 22.7. The second-order valence-electron chi connectivity index (χ2n) is 7.15. The van der Waals surface area contributed by atoms with Crippen molar-refractivity contribution in [2.75, 3.05) is 20.7 Å². The highest BCUT2D eigenvalue weighted by molar-refractivity contribution is 7.11. The first-order chi connectivity index (χ1) is 15.1. The van der Waals surface area contributed by atoms with E-state index in [-0.39, 0.29) is 0 Å². The molecule has 3 aromatic rings. The molecule has 0 spiro atoms. The fourth-order valence-corrected chi connectivity index (χ4v) is 3.87. The lowest BCUT2D eigenvalue weighted by Gasteiger charge is -2.10. The topological polar surface area (TPSA) is 97.5 Å². The first-order valence-corrected chi connectivity index (χ1v) is 11.2. The average Bonchev–Trinajstić information content (AvgIpc) is 3.39. The summed E-state index contributed by atoms with van der Waals surface area (Å²) in [6.07, 6.45) is 3.87. The fourth-order valence-electron chi connectivity index (χ4n) is 2.99. The molecule has 0 aliphatic carbocycles. The molecular formula is C22H30N6O2S. The van der Waals surface area contributed by atoms with Gasteiger partial charge >= 0.3 is 0 Å². The number of ether oxygens (including phenoxy) is 1. The SMILES string of the molecule is CN=C(NCCCCCc1nc(-c2ccc(OC)cc2)no1)NCc1nc(C)c(C)s1. The third-order valence-corrected chi connectivity index (χ3v) is 5.95. The molecule has 0 amide bonds. The van der Waals surface area contributed by atoms with Crippen LogP contribution in [-0.2, 0) is 13.0 Å². The minimum atomic E-state index is 0.611. The van der Waals surface area contributed by atoms with Gasteiger partial charge in [-0.05, 0) is 51.0 Å². The molecule has 0 radical (unpaired) electrons. The van der Waals surface area contributed by atoms with E-state index in [2.05, 4.69) is 37.7 Å². The Labute approximate surface area is 187 Å². The lowest BCUT2D eigenvalue weighted by atomic mass is 10.2. The van der Waals surface area contributed by atoms with E-state index < -0.39 is 0 Å². The first-order valence-electron chi connectivity index (χ1n) is 10.4. The zero-order valence-electron chi connectivity index (χ0n) is 18.6. The molecule has 31 heavy (non-hydrogen) atoms. The predicted octanol–water partition coefficient (Wildman–Crippen LogP) is 3.90. The summed E-state index contributed by atoms with van der Waals surface area (Å²) < 4.78 is 10.6. The monoisotopic (exact) mass is 442 g/mol. The van der Waals surface area contributed by atoms with Crippen molar-refractivity contribution in [2.45, 2.75) is 46.1 Å². The van der Waals surface area contributed by atoms with Gasteiger partial charge < -0.3 is 19.9 Å². The largest absolute Gasteiger partial charge is 0.497 e. The summed E-state index contributed by atoms with van der Waals surface area (Å²) in [6, 6.07) is 7.63. The van der Waals surface area contributed by atoms with Gasteiger partial charge in [0.1, 0.15) is 10.8 Å². The number of aryl methyl sites for hydroxylation is 3. The molecule has 0 atom stereocenters. The molecule has 2 N–H and O–H groups in total. The maximum absolute atomic E-state index is 5.38. The smallest absolute Gasteiger partial charge is 0.226 e. The molecule has 2 heterocycles. The minimum Gasteiger partial charge on any atom is -0.497 e. The lowest BCUT2D eigenvalue weighted by molar-refractivity contribution is 0.374. The van der Waals surface area contributed by atoms with Gasteiger partial charge in [0.15, 0.2) is 5.96 Å². The average molecular weight is 443 g/mol. The van der Waals surface area contributed by atoms with Gasteiger partial charge in [0.05, 0.1) is 19.3 Å². The van der Waals surface area contributed by atoms with E-state index in [0.29, 0.717) is 18.3 Å². The van der Waals surface area contributed by atoms with Crippen LogP contribution < -0.4 is 15.4 Å². The minimum absolute atomic E-state index is 0.611. The van der Waals surface area contributed by atoms with Crippen LogP contribution in [0.15, 0.2) is 33.8 Å². The molecule has 166 valence electrons. The van der Waals surface area contributed by atoms with Crippen LogP contribution in [0.1, 0.15) is 40.7 Å². The van der Waals surface area contributed by atoms with Gasteiger partial charge in [-0.25, -0.2) is 4.98 Å². The number of methoxy groups -OCH3 is 1. The van der Waals surface area contributed by atoms with Crippen LogP contribution >= 0.6 is 11.3 Å². The van der Waals surface area contributed by atoms with Gasteiger partial charge in [0.2, 0.25) is 11.7 Å². The van der Waals surface area contributed by atoms with Gasteiger partial charge in [0.25, 0.3) is 0 Å². The number of guanidine groups is 1. The summed E-state index contributed by atoms with van der Waals surface area (Å²) in [5, 5.41) is 11.8. The molecule has 0 aliphatic heterocycles. The van der Waals surface area contributed by atoms with Gasteiger partial charge in [-0.2, -0.15) is 4.98 Å². The Morgan fingerprint density at radius 2 is 1.90 bits per heavy atom. The highest BCUT2D eigenvalue weighted by Gasteiger charge is 2.09. The molecule has 0 saturated carbocycles. The van der Waals surface area contributed by atoms with Gasteiger partial charge in [0, 0.05) is 30.5 Å². The zero-order valence-corrected chi connectivity index (χ0v) is 19.4. The summed E-state index contributed by atoms with van der Waals surface area (Å²) >= 11 is 1.72. The molecule has 9 heteroatoms. The lowest BCUT2D eigenvalue weighted by Crippen LogP contribution is -2.37. The van der Waals surface area contributed by atoms with Crippen LogP contribution in [0.5, 0.6) is 5.75 Å². The van der Waals surface area contributed by atoms with Crippen molar-refractivity contribution in [1.82, 2.24) is 25.8 Å². The second-order valence-corrected chi connectivity index (χ2v) is 8.44. The summed E-state index contributed by atoms with van der Waals surface area (Å²) in [7, 11) is 3.43. The van der Waals surface area contributed by atoms with Gasteiger partial charge in [-0.1, -0.05) is 11.6 Å². The van der Waals surface area contributed by atoms with E-state index >= 15 is 0 Å². The number of aromatic nitrogens is 3. The Balaban J connectivity index is 1.32. The van der Waals surface area contributed by atoms with Crippen molar-refractivity contribution in [3.05, 3.63) is 45.7 Å². The van der Waals surface area contributed by atoms with E-state index in [4.69, 9.17) is 9.26 Å². The van der Waals surface area contributed by atoms with Gasteiger partial charge in [-0.3, -0.25) is 4.99 Å².